The zero-order valence-electron chi connectivity index (χ0n) is 19.9. The number of carbonyl (C=O) groups excluding carboxylic acids is 2. The number of methoxy groups -OCH3 is 1. The highest BCUT2D eigenvalue weighted by Crippen LogP contribution is 2.26. The number of benzene rings is 3. The van der Waals surface area contributed by atoms with Crippen molar-refractivity contribution in [3.05, 3.63) is 88.5 Å². The van der Waals surface area contributed by atoms with Crippen LogP contribution in [0.15, 0.2) is 60.7 Å². The maximum atomic E-state index is 13.0. The van der Waals surface area contributed by atoms with Crippen LogP contribution in [0, 0.1) is 6.92 Å². The van der Waals surface area contributed by atoms with E-state index in [-0.39, 0.29) is 28.1 Å². The van der Waals surface area contributed by atoms with E-state index in [1.54, 1.807) is 49.4 Å². The van der Waals surface area contributed by atoms with Gasteiger partial charge in [-0.05, 0) is 59.9 Å². The van der Waals surface area contributed by atoms with Gasteiger partial charge in [0.05, 0.1) is 23.9 Å². The Hall–Kier alpha value is -4.13. The molecule has 7 nitrogen and oxygen atoms in total. The van der Waals surface area contributed by atoms with Crippen molar-refractivity contribution in [2.75, 3.05) is 17.7 Å². The fourth-order valence-corrected chi connectivity index (χ4v) is 3.40. The summed E-state index contributed by atoms with van der Waals surface area (Å²) in [5.41, 5.74) is 3.00. The maximum Gasteiger partial charge on any atom is 0.336 e. The fraction of sp³-hybridized carbons (Fsp3) is 0.222. The van der Waals surface area contributed by atoms with Crippen molar-refractivity contribution in [1.82, 2.24) is 0 Å². The van der Waals surface area contributed by atoms with Crippen LogP contribution in [0.4, 0.5) is 11.4 Å². The molecule has 176 valence electrons. The molecule has 34 heavy (non-hydrogen) atoms. The molecule has 0 radical (unpaired) electrons. The molecule has 7 heteroatoms. The summed E-state index contributed by atoms with van der Waals surface area (Å²) in [5.74, 6) is -1.48. The highest BCUT2D eigenvalue weighted by molar-refractivity contribution is 6.13. The Kier molecular flexibility index (Phi) is 7.05. The summed E-state index contributed by atoms with van der Waals surface area (Å²) in [6.45, 7) is 7.96. The van der Waals surface area contributed by atoms with Crippen LogP contribution in [-0.4, -0.2) is 30.0 Å². The van der Waals surface area contributed by atoms with Crippen LogP contribution in [0.3, 0.4) is 0 Å². The SMILES string of the molecule is COc1ccc(C(=O)Nc2ccc(C)c(C(=O)O)c2)c(NC(=O)c2ccc(C(C)(C)C)cc2)c1. The molecule has 0 unspecified atom stereocenters. The Morgan fingerprint density at radius 3 is 2.09 bits per heavy atom. The van der Waals surface area contributed by atoms with Crippen LogP contribution in [-0.2, 0) is 5.41 Å². The van der Waals surface area contributed by atoms with E-state index in [1.807, 2.05) is 12.1 Å². The first-order chi connectivity index (χ1) is 16.0. The summed E-state index contributed by atoms with van der Waals surface area (Å²) in [6, 6.07) is 16.7. The van der Waals surface area contributed by atoms with Gasteiger partial charge in [0.25, 0.3) is 11.8 Å². The number of rotatable bonds is 6. The molecule has 0 aliphatic rings. The Balaban J connectivity index is 1.87. The number of hydrogen-bond donors (Lipinski definition) is 3. The van der Waals surface area contributed by atoms with Gasteiger partial charge in [0.2, 0.25) is 0 Å². The Labute approximate surface area is 198 Å². The molecule has 0 atom stereocenters. The fourth-order valence-electron chi connectivity index (χ4n) is 3.40. The maximum absolute atomic E-state index is 13.0. The third kappa shape index (κ3) is 5.61. The van der Waals surface area contributed by atoms with E-state index < -0.39 is 11.9 Å². The summed E-state index contributed by atoms with van der Waals surface area (Å²) in [5, 5.41) is 14.8. The van der Waals surface area contributed by atoms with Crippen molar-refractivity contribution >= 4 is 29.2 Å². The monoisotopic (exact) mass is 460 g/mol. The van der Waals surface area contributed by atoms with Gasteiger partial charge in [0.15, 0.2) is 0 Å². The van der Waals surface area contributed by atoms with Gasteiger partial charge in [-0.1, -0.05) is 39.0 Å². The summed E-state index contributed by atoms with van der Waals surface area (Å²) in [6.07, 6.45) is 0. The highest BCUT2D eigenvalue weighted by Gasteiger charge is 2.18. The largest absolute Gasteiger partial charge is 0.497 e. The first kappa shape index (κ1) is 24.5. The lowest BCUT2D eigenvalue weighted by Crippen LogP contribution is -2.19. The van der Waals surface area contributed by atoms with Crippen molar-refractivity contribution in [1.29, 1.82) is 0 Å². The molecule has 3 N–H and O–H groups in total. The molecule has 0 bridgehead atoms. The van der Waals surface area contributed by atoms with Crippen LogP contribution >= 0.6 is 0 Å². The van der Waals surface area contributed by atoms with E-state index in [0.29, 0.717) is 22.6 Å². The van der Waals surface area contributed by atoms with Crippen molar-refractivity contribution in [2.45, 2.75) is 33.1 Å². The molecule has 0 fully saturated rings. The second-order valence-corrected chi connectivity index (χ2v) is 8.98. The normalized spacial score (nSPS) is 11.0. The number of hydrogen-bond acceptors (Lipinski definition) is 4. The van der Waals surface area contributed by atoms with Crippen LogP contribution in [0.25, 0.3) is 0 Å². The number of nitrogens with one attached hydrogen (secondary N) is 2. The molecule has 3 aromatic carbocycles. The quantitative estimate of drug-likeness (QED) is 0.450. The van der Waals surface area contributed by atoms with Gasteiger partial charge < -0.3 is 20.5 Å². The lowest BCUT2D eigenvalue weighted by Gasteiger charge is -2.19. The smallest absolute Gasteiger partial charge is 0.336 e. The standard InChI is InChI=1S/C27H28N2O5/c1-16-6-11-19(14-22(16)26(32)33)28-25(31)21-13-12-20(34-5)15-23(21)29-24(30)17-7-9-18(10-8-17)27(2,3)4/h6-15H,1-5H3,(H,28,31)(H,29,30)(H,32,33). The highest BCUT2D eigenvalue weighted by atomic mass is 16.5. The summed E-state index contributed by atoms with van der Waals surface area (Å²) in [7, 11) is 1.49. The lowest BCUT2D eigenvalue weighted by molar-refractivity contribution is 0.0695. The zero-order valence-corrected chi connectivity index (χ0v) is 19.9. The van der Waals surface area contributed by atoms with Gasteiger partial charge in [0, 0.05) is 17.3 Å². The molecule has 0 aliphatic carbocycles. The number of aromatic carboxylic acids is 1. The molecule has 2 amide bonds. The molecular weight excluding hydrogens is 432 g/mol. The second-order valence-electron chi connectivity index (χ2n) is 8.98. The number of ether oxygens (including phenoxy) is 1. The Morgan fingerprint density at radius 2 is 1.50 bits per heavy atom. The molecule has 0 saturated carbocycles. The summed E-state index contributed by atoms with van der Waals surface area (Å²) >= 11 is 0. The van der Waals surface area contributed by atoms with Crippen molar-refractivity contribution in [3.8, 4) is 5.75 Å². The number of aryl methyl sites for hydroxylation is 1. The molecule has 0 aliphatic heterocycles. The van der Waals surface area contributed by atoms with E-state index >= 15 is 0 Å². The molecule has 3 rings (SSSR count). The van der Waals surface area contributed by atoms with E-state index in [2.05, 4.69) is 31.4 Å². The minimum atomic E-state index is -1.08. The zero-order chi connectivity index (χ0) is 25.0. The van der Waals surface area contributed by atoms with Crippen LogP contribution < -0.4 is 15.4 Å². The average molecular weight is 461 g/mol. The third-order valence-corrected chi connectivity index (χ3v) is 5.46. The Morgan fingerprint density at radius 1 is 0.824 bits per heavy atom. The van der Waals surface area contributed by atoms with Crippen LogP contribution in [0.1, 0.15) is 63.0 Å². The molecule has 0 saturated heterocycles. The Bertz CT molecular complexity index is 1240. The molecule has 0 spiro atoms. The van der Waals surface area contributed by atoms with Crippen LogP contribution in [0.5, 0.6) is 5.75 Å². The minimum absolute atomic E-state index is 0.0382. The molecule has 0 heterocycles. The topological polar surface area (TPSA) is 105 Å². The minimum Gasteiger partial charge on any atom is -0.497 e. The number of carboxylic acid groups (broad SMARTS) is 1. The van der Waals surface area contributed by atoms with Crippen molar-refractivity contribution in [3.63, 3.8) is 0 Å². The van der Waals surface area contributed by atoms with E-state index in [0.717, 1.165) is 5.56 Å². The summed E-state index contributed by atoms with van der Waals surface area (Å²) < 4.78 is 5.26. The van der Waals surface area contributed by atoms with Gasteiger partial charge >= 0.3 is 5.97 Å². The number of anilines is 2. The van der Waals surface area contributed by atoms with Crippen molar-refractivity contribution < 1.29 is 24.2 Å². The predicted octanol–water partition coefficient (Wildman–Crippen LogP) is 5.50. The number of carboxylic acids is 1. The summed E-state index contributed by atoms with van der Waals surface area (Å²) in [4.78, 5) is 37.4. The molecule has 3 aromatic rings. The van der Waals surface area contributed by atoms with Crippen LogP contribution in [0.2, 0.25) is 0 Å². The van der Waals surface area contributed by atoms with Gasteiger partial charge in [-0.2, -0.15) is 0 Å². The van der Waals surface area contributed by atoms with Gasteiger partial charge in [0.1, 0.15) is 5.75 Å². The molecular formula is C27H28N2O5. The molecule has 0 aromatic heterocycles. The van der Waals surface area contributed by atoms with Gasteiger partial charge in [-0.25, -0.2) is 4.79 Å². The number of amides is 2. The van der Waals surface area contributed by atoms with Gasteiger partial charge in [-0.15, -0.1) is 0 Å². The first-order valence-electron chi connectivity index (χ1n) is 10.7. The van der Waals surface area contributed by atoms with Crippen molar-refractivity contribution in [2.24, 2.45) is 0 Å². The predicted molar refractivity (Wildman–Crippen MR) is 132 cm³/mol. The van der Waals surface area contributed by atoms with E-state index in [1.165, 1.54) is 13.2 Å². The average Bonchev–Trinajstić information content (AvgIpc) is 2.79. The van der Waals surface area contributed by atoms with E-state index in [4.69, 9.17) is 4.74 Å². The third-order valence-electron chi connectivity index (χ3n) is 5.46. The first-order valence-corrected chi connectivity index (χ1v) is 10.7. The van der Waals surface area contributed by atoms with E-state index in [9.17, 15) is 19.5 Å². The van der Waals surface area contributed by atoms with Gasteiger partial charge in [-0.3, -0.25) is 9.59 Å². The number of carbonyl (C=O) groups is 3. The lowest BCUT2D eigenvalue weighted by atomic mass is 9.86. The second kappa shape index (κ2) is 9.79.